The number of aromatic nitrogens is 2. The summed E-state index contributed by atoms with van der Waals surface area (Å²) in [6.45, 7) is 4.74. The summed E-state index contributed by atoms with van der Waals surface area (Å²) in [5.74, 6) is 0.874. The van der Waals surface area contributed by atoms with Gasteiger partial charge in [0, 0.05) is 30.9 Å². The summed E-state index contributed by atoms with van der Waals surface area (Å²) in [5, 5.41) is 13.7. The Labute approximate surface area is 183 Å². The topological polar surface area (TPSA) is 54.2 Å². The number of aliphatic imine (C=N–C) groups is 1. The summed E-state index contributed by atoms with van der Waals surface area (Å²) in [6, 6.07) is 12.6. The smallest absolute Gasteiger partial charge is 0.166 e. The number of hydrogen-bond acceptors (Lipinski definition) is 5. The molecule has 0 spiro atoms. The monoisotopic (exact) mass is 469 g/mol. The van der Waals surface area contributed by atoms with E-state index in [9.17, 15) is 0 Å². The maximum atomic E-state index is 4.89. The molecular weight excluding hydrogens is 446 g/mol. The Morgan fingerprint density at radius 1 is 1.24 bits per heavy atom. The van der Waals surface area contributed by atoms with Gasteiger partial charge in [-0.15, -0.1) is 11.3 Å². The fourth-order valence-corrected chi connectivity index (χ4v) is 4.42. The number of nitrogens with one attached hydrogen (secondary N) is 2. The van der Waals surface area contributed by atoms with Crippen LogP contribution in [0.1, 0.15) is 28.6 Å². The van der Waals surface area contributed by atoms with E-state index in [1.807, 2.05) is 10.9 Å². The standard InChI is InChI=1S/C22H24BrN5S/c1-16-6-2-3-9-18(16)20-14-21(28-22(27-20)19(23)15-26-28)25-12-11-24-10-4-7-17-8-5-13-29-17/h2-9,13,15,21,24-25H,10-12,14H2,1H3/b7-4+. The van der Waals surface area contributed by atoms with Gasteiger partial charge in [-0.3, -0.25) is 5.32 Å². The van der Waals surface area contributed by atoms with Gasteiger partial charge in [-0.05, 0) is 51.5 Å². The van der Waals surface area contributed by atoms with Crippen molar-refractivity contribution in [3.05, 3.63) is 74.5 Å². The van der Waals surface area contributed by atoms with E-state index in [4.69, 9.17) is 4.99 Å². The first-order valence-electron chi connectivity index (χ1n) is 9.73. The Hall–Kier alpha value is -2.06. The molecule has 1 aliphatic heterocycles. The molecule has 7 heteroatoms. The number of fused-ring (bicyclic) bond motifs is 1. The molecule has 0 fully saturated rings. The van der Waals surface area contributed by atoms with Gasteiger partial charge in [-0.1, -0.05) is 36.4 Å². The van der Waals surface area contributed by atoms with Gasteiger partial charge < -0.3 is 5.32 Å². The van der Waals surface area contributed by atoms with Crippen LogP contribution in [0, 0.1) is 6.92 Å². The lowest BCUT2D eigenvalue weighted by atomic mass is 10.00. The predicted molar refractivity (Wildman–Crippen MR) is 125 cm³/mol. The van der Waals surface area contributed by atoms with Crippen molar-refractivity contribution < 1.29 is 0 Å². The Morgan fingerprint density at radius 2 is 2.14 bits per heavy atom. The number of aryl methyl sites for hydroxylation is 1. The lowest BCUT2D eigenvalue weighted by Crippen LogP contribution is -2.36. The van der Waals surface area contributed by atoms with Crippen molar-refractivity contribution in [2.45, 2.75) is 19.5 Å². The second-order valence-corrected chi connectivity index (χ2v) is 8.76. The minimum absolute atomic E-state index is 0.0897. The van der Waals surface area contributed by atoms with Crippen molar-refractivity contribution in [1.29, 1.82) is 0 Å². The van der Waals surface area contributed by atoms with Crippen LogP contribution >= 0.6 is 27.3 Å². The molecule has 0 saturated heterocycles. The van der Waals surface area contributed by atoms with Gasteiger partial charge in [0.25, 0.3) is 0 Å². The average Bonchev–Trinajstić information content (AvgIpc) is 3.38. The zero-order valence-corrected chi connectivity index (χ0v) is 18.7. The van der Waals surface area contributed by atoms with Crippen LogP contribution in [-0.2, 0) is 0 Å². The quantitative estimate of drug-likeness (QED) is 0.459. The summed E-state index contributed by atoms with van der Waals surface area (Å²) in [7, 11) is 0. The number of nitrogens with zero attached hydrogens (tertiary/aromatic N) is 3. The van der Waals surface area contributed by atoms with Crippen molar-refractivity contribution in [2.75, 3.05) is 19.6 Å². The average molecular weight is 470 g/mol. The van der Waals surface area contributed by atoms with Crippen LogP contribution in [0.3, 0.4) is 0 Å². The minimum atomic E-state index is 0.0897. The van der Waals surface area contributed by atoms with Crippen LogP contribution < -0.4 is 10.6 Å². The van der Waals surface area contributed by atoms with Crippen molar-refractivity contribution >= 4 is 44.9 Å². The Bertz CT molecular complexity index is 1010. The maximum Gasteiger partial charge on any atom is 0.166 e. The fraction of sp³-hybridized carbons (Fsp3) is 0.273. The fourth-order valence-electron chi connectivity index (χ4n) is 3.41. The second kappa shape index (κ2) is 9.63. The van der Waals surface area contributed by atoms with E-state index in [-0.39, 0.29) is 6.17 Å². The molecular formula is C22H24BrN5S. The normalized spacial score (nSPS) is 16.2. The molecule has 0 saturated carbocycles. The first kappa shape index (κ1) is 20.2. The van der Waals surface area contributed by atoms with E-state index in [0.717, 1.165) is 42.1 Å². The van der Waals surface area contributed by atoms with Crippen LogP contribution in [0.15, 0.2) is 63.5 Å². The van der Waals surface area contributed by atoms with Gasteiger partial charge in [0.1, 0.15) is 6.17 Å². The van der Waals surface area contributed by atoms with Crippen LogP contribution in [0.5, 0.6) is 0 Å². The maximum absolute atomic E-state index is 4.89. The first-order valence-corrected chi connectivity index (χ1v) is 11.4. The highest BCUT2D eigenvalue weighted by atomic mass is 79.9. The molecule has 1 atom stereocenters. The molecule has 3 heterocycles. The molecule has 0 bridgehead atoms. The first-order chi connectivity index (χ1) is 14.2. The third-order valence-electron chi connectivity index (χ3n) is 4.87. The minimum Gasteiger partial charge on any atom is -0.312 e. The molecule has 4 rings (SSSR count). The van der Waals surface area contributed by atoms with E-state index in [2.05, 4.69) is 92.5 Å². The summed E-state index contributed by atoms with van der Waals surface area (Å²) in [6.07, 6.45) is 7.04. The zero-order valence-electron chi connectivity index (χ0n) is 16.3. The van der Waals surface area contributed by atoms with E-state index >= 15 is 0 Å². The molecule has 150 valence electrons. The molecule has 0 radical (unpaired) electrons. The molecule has 29 heavy (non-hydrogen) atoms. The third-order valence-corrected chi connectivity index (χ3v) is 6.27. The lowest BCUT2D eigenvalue weighted by molar-refractivity contribution is 0.377. The Kier molecular flexibility index (Phi) is 6.71. The molecule has 2 aromatic heterocycles. The number of halogens is 1. The van der Waals surface area contributed by atoms with Crippen LogP contribution in [-0.4, -0.2) is 35.1 Å². The summed E-state index contributed by atoms with van der Waals surface area (Å²) in [4.78, 5) is 6.17. The number of benzene rings is 1. The molecule has 3 aromatic rings. The molecule has 0 aliphatic carbocycles. The molecule has 5 nitrogen and oxygen atoms in total. The SMILES string of the molecule is Cc1ccccc1C1=Nc2c(Br)cnn2C(NCCNC/C=C/c2cccs2)C1. The molecule has 0 amide bonds. The van der Waals surface area contributed by atoms with Gasteiger partial charge >= 0.3 is 0 Å². The van der Waals surface area contributed by atoms with Crippen molar-refractivity contribution in [3.8, 4) is 0 Å². The summed E-state index contributed by atoms with van der Waals surface area (Å²) >= 11 is 5.34. The molecule has 1 unspecified atom stereocenters. The van der Waals surface area contributed by atoms with Gasteiger partial charge in [-0.25, -0.2) is 9.67 Å². The van der Waals surface area contributed by atoms with Crippen molar-refractivity contribution in [1.82, 2.24) is 20.4 Å². The van der Waals surface area contributed by atoms with E-state index in [0.29, 0.717) is 0 Å². The molecule has 1 aromatic carbocycles. The highest BCUT2D eigenvalue weighted by Crippen LogP contribution is 2.34. The van der Waals surface area contributed by atoms with Crippen LogP contribution in [0.25, 0.3) is 6.08 Å². The predicted octanol–water partition coefficient (Wildman–Crippen LogP) is 4.93. The zero-order chi connectivity index (χ0) is 20.1. The van der Waals surface area contributed by atoms with Gasteiger partial charge in [-0.2, -0.15) is 5.10 Å². The largest absolute Gasteiger partial charge is 0.312 e. The van der Waals surface area contributed by atoms with Crippen LogP contribution in [0.4, 0.5) is 5.82 Å². The summed E-state index contributed by atoms with van der Waals surface area (Å²) in [5.41, 5.74) is 3.55. The van der Waals surface area contributed by atoms with Crippen molar-refractivity contribution in [3.63, 3.8) is 0 Å². The molecule has 1 aliphatic rings. The molecule has 2 N–H and O–H groups in total. The summed E-state index contributed by atoms with van der Waals surface area (Å²) < 4.78 is 2.90. The number of hydrogen-bond donors (Lipinski definition) is 2. The highest BCUT2D eigenvalue weighted by molar-refractivity contribution is 9.10. The Balaban J connectivity index is 1.35. The van der Waals surface area contributed by atoms with Gasteiger partial charge in [0.2, 0.25) is 0 Å². The van der Waals surface area contributed by atoms with Crippen molar-refractivity contribution in [2.24, 2.45) is 4.99 Å². The number of thiophene rings is 1. The van der Waals surface area contributed by atoms with E-state index in [1.54, 1.807) is 11.3 Å². The van der Waals surface area contributed by atoms with Crippen LogP contribution in [0.2, 0.25) is 0 Å². The van der Waals surface area contributed by atoms with E-state index in [1.165, 1.54) is 16.0 Å². The van der Waals surface area contributed by atoms with Gasteiger partial charge in [0.15, 0.2) is 5.82 Å². The highest BCUT2D eigenvalue weighted by Gasteiger charge is 2.25. The second-order valence-electron chi connectivity index (χ2n) is 6.93. The number of rotatable bonds is 8. The Morgan fingerprint density at radius 3 is 2.97 bits per heavy atom. The lowest BCUT2D eigenvalue weighted by Gasteiger charge is -2.26. The van der Waals surface area contributed by atoms with Gasteiger partial charge in [0.05, 0.1) is 16.4 Å². The third kappa shape index (κ3) is 4.93. The van der Waals surface area contributed by atoms with E-state index < -0.39 is 0 Å².